The van der Waals surface area contributed by atoms with Crippen molar-refractivity contribution < 1.29 is 9.53 Å². The number of anilines is 1. The van der Waals surface area contributed by atoms with Gasteiger partial charge in [0, 0.05) is 30.9 Å². The molecule has 1 aliphatic heterocycles. The molecule has 1 heterocycles. The Labute approximate surface area is 108 Å². The minimum Gasteiger partial charge on any atom is -0.384 e. The van der Waals surface area contributed by atoms with Crippen molar-refractivity contribution in [2.45, 2.75) is 26.4 Å². The molecule has 0 aliphatic carbocycles. The van der Waals surface area contributed by atoms with Crippen LogP contribution in [0.25, 0.3) is 0 Å². The van der Waals surface area contributed by atoms with Crippen molar-refractivity contribution in [3.8, 4) is 0 Å². The highest BCUT2D eigenvalue weighted by Gasteiger charge is 2.13. The van der Waals surface area contributed by atoms with Crippen LogP contribution in [0.4, 0.5) is 5.69 Å². The summed E-state index contributed by atoms with van der Waals surface area (Å²) in [4.78, 5) is 12.0. The summed E-state index contributed by atoms with van der Waals surface area (Å²) in [6.07, 6.45) is 1.09. The van der Waals surface area contributed by atoms with E-state index in [-0.39, 0.29) is 12.0 Å². The maximum atomic E-state index is 12.0. The van der Waals surface area contributed by atoms with Crippen LogP contribution in [0.15, 0.2) is 18.2 Å². The maximum absolute atomic E-state index is 12.0. The number of hydrogen-bond acceptors (Lipinski definition) is 3. The first-order valence-corrected chi connectivity index (χ1v) is 6.47. The van der Waals surface area contributed by atoms with Gasteiger partial charge in [0.25, 0.3) is 5.91 Å². The van der Waals surface area contributed by atoms with Gasteiger partial charge in [0.2, 0.25) is 0 Å². The molecule has 2 rings (SSSR count). The smallest absolute Gasteiger partial charge is 0.251 e. The molecule has 18 heavy (non-hydrogen) atoms. The van der Waals surface area contributed by atoms with Gasteiger partial charge >= 0.3 is 0 Å². The first-order valence-electron chi connectivity index (χ1n) is 6.47. The largest absolute Gasteiger partial charge is 0.384 e. The molecular weight excluding hydrogens is 228 g/mol. The first-order chi connectivity index (χ1) is 8.70. The molecule has 4 nitrogen and oxygen atoms in total. The first kappa shape index (κ1) is 12.9. The Balaban J connectivity index is 1.93. The fourth-order valence-corrected chi connectivity index (χ4v) is 2.11. The molecule has 1 aromatic rings. The fourth-order valence-electron chi connectivity index (χ4n) is 2.11. The summed E-state index contributed by atoms with van der Waals surface area (Å²) in [5.74, 6) is -0.0435. The second kappa shape index (κ2) is 5.87. The molecule has 4 heteroatoms. The van der Waals surface area contributed by atoms with Crippen LogP contribution in [0.1, 0.15) is 29.8 Å². The van der Waals surface area contributed by atoms with Crippen molar-refractivity contribution in [3.05, 3.63) is 29.3 Å². The fraction of sp³-hybridized carbons (Fsp3) is 0.500. The van der Waals surface area contributed by atoms with Gasteiger partial charge in [0.1, 0.15) is 0 Å². The number of ether oxygens (including phenoxy) is 1. The summed E-state index contributed by atoms with van der Waals surface area (Å²) >= 11 is 0. The highest BCUT2D eigenvalue weighted by Crippen LogP contribution is 2.23. The second-order valence-corrected chi connectivity index (χ2v) is 4.52. The van der Waals surface area contributed by atoms with Crippen molar-refractivity contribution in [3.63, 3.8) is 0 Å². The molecule has 1 aliphatic rings. The molecule has 1 atom stereocenters. The molecule has 0 spiro atoms. The Bertz CT molecular complexity index is 432. The Morgan fingerprint density at radius 2 is 2.39 bits per heavy atom. The third-order valence-electron chi connectivity index (χ3n) is 3.08. The maximum Gasteiger partial charge on any atom is 0.251 e. The Morgan fingerprint density at radius 1 is 1.56 bits per heavy atom. The lowest BCUT2D eigenvalue weighted by Gasteiger charge is -2.13. The van der Waals surface area contributed by atoms with E-state index < -0.39 is 0 Å². The van der Waals surface area contributed by atoms with Crippen molar-refractivity contribution in [2.24, 2.45) is 0 Å². The third kappa shape index (κ3) is 3.01. The number of hydrogen-bond donors (Lipinski definition) is 2. The molecule has 98 valence electrons. The minimum atomic E-state index is -0.0435. The molecule has 1 amide bonds. The van der Waals surface area contributed by atoms with Gasteiger partial charge in [-0.05, 0) is 38.0 Å². The van der Waals surface area contributed by atoms with E-state index in [2.05, 4.69) is 10.6 Å². The van der Waals surface area contributed by atoms with Gasteiger partial charge < -0.3 is 15.4 Å². The SMILES string of the molecule is CCOC(C)CNC(=O)c1ccc2c(c1)NCC2. The van der Waals surface area contributed by atoms with E-state index in [0.29, 0.717) is 18.7 Å². The van der Waals surface area contributed by atoms with Crippen LogP contribution in [0.2, 0.25) is 0 Å². The van der Waals surface area contributed by atoms with Crippen LogP contribution in [0.3, 0.4) is 0 Å². The predicted octanol–water partition coefficient (Wildman–Crippen LogP) is 1.81. The molecule has 0 saturated carbocycles. The number of fused-ring (bicyclic) bond motifs is 1. The molecule has 1 aromatic carbocycles. The van der Waals surface area contributed by atoms with Gasteiger partial charge in [0.05, 0.1) is 6.10 Å². The average molecular weight is 248 g/mol. The number of nitrogens with one attached hydrogen (secondary N) is 2. The van der Waals surface area contributed by atoms with Gasteiger partial charge in [-0.1, -0.05) is 6.07 Å². The minimum absolute atomic E-state index is 0.0435. The van der Waals surface area contributed by atoms with Gasteiger partial charge in [-0.25, -0.2) is 0 Å². The Morgan fingerprint density at radius 3 is 3.17 bits per heavy atom. The van der Waals surface area contributed by atoms with Crippen LogP contribution < -0.4 is 10.6 Å². The van der Waals surface area contributed by atoms with Gasteiger partial charge in [0.15, 0.2) is 0 Å². The molecule has 2 N–H and O–H groups in total. The summed E-state index contributed by atoms with van der Waals surface area (Å²) in [5.41, 5.74) is 3.07. The van der Waals surface area contributed by atoms with Crippen LogP contribution in [-0.2, 0) is 11.2 Å². The predicted molar refractivity (Wildman–Crippen MR) is 72.1 cm³/mol. The summed E-state index contributed by atoms with van der Waals surface area (Å²) in [6, 6.07) is 5.83. The standard InChI is InChI=1S/C14H20N2O2/c1-3-18-10(2)9-16-14(17)12-5-4-11-6-7-15-13(11)8-12/h4-5,8,10,15H,3,6-7,9H2,1-2H3,(H,16,17). The Hall–Kier alpha value is -1.55. The second-order valence-electron chi connectivity index (χ2n) is 4.52. The lowest BCUT2D eigenvalue weighted by molar-refractivity contribution is 0.0695. The molecule has 0 radical (unpaired) electrons. The van der Waals surface area contributed by atoms with Crippen LogP contribution in [-0.4, -0.2) is 31.7 Å². The molecule has 0 fully saturated rings. The number of rotatable bonds is 5. The van der Waals surface area contributed by atoms with E-state index in [1.807, 2.05) is 32.0 Å². The lowest BCUT2D eigenvalue weighted by atomic mass is 10.1. The number of amides is 1. The van der Waals surface area contributed by atoms with E-state index in [0.717, 1.165) is 18.7 Å². The van der Waals surface area contributed by atoms with Crippen molar-refractivity contribution in [1.29, 1.82) is 0 Å². The number of carbonyl (C=O) groups is 1. The van der Waals surface area contributed by atoms with E-state index in [1.54, 1.807) is 0 Å². The summed E-state index contributed by atoms with van der Waals surface area (Å²) in [6.45, 7) is 6.07. The van der Waals surface area contributed by atoms with Gasteiger partial charge in [-0.2, -0.15) is 0 Å². The van der Waals surface area contributed by atoms with E-state index >= 15 is 0 Å². The van der Waals surface area contributed by atoms with Crippen LogP contribution in [0, 0.1) is 0 Å². The summed E-state index contributed by atoms with van der Waals surface area (Å²) in [5, 5.41) is 6.16. The van der Waals surface area contributed by atoms with E-state index in [4.69, 9.17) is 4.74 Å². The monoisotopic (exact) mass is 248 g/mol. The topological polar surface area (TPSA) is 50.4 Å². The van der Waals surface area contributed by atoms with E-state index in [1.165, 1.54) is 5.56 Å². The normalized spacial score (nSPS) is 14.8. The quantitative estimate of drug-likeness (QED) is 0.835. The molecule has 0 aromatic heterocycles. The summed E-state index contributed by atoms with van der Waals surface area (Å²) < 4.78 is 5.38. The number of carbonyl (C=O) groups excluding carboxylic acids is 1. The van der Waals surface area contributed by atoms with E-state index in [9.17, 15) is 4.79 Å². The van der Waals surface area contributed by atoms with Crippen molar-refractivity contribution in [1.82, 2.24) is 5.32 Å². The molecule has 1 unspecified atom stereocenters. The van der Waals surface area contributed by atoms with Crippen molar-refractivity contribution >= 4 is 11.6 Å². The molecular formula is C14H20N2O2. The zero-order valence-electron chi connectivity index (χ0n) is 11.0. The molecule has 0 bridgehead atoms. The lowest BCUT2D eigenvalue weighted by Crippen LogP contribution is -2.32. The summed E-state index contributed by atoms with van der Waals surface area (Å²) in [7, 11) is 0. The highest BCUT2D eigenvalue weighted by molar-refractivity contribution is 5.95. The van der Waals surface area contributed by atoms with Crippen LogP contribution in [0.5, 0.6) is 0 Å². The van der Waals surface area contributed by atoms with Crippen molar-refractivity contribution in [2.75, 3.05) is 25.0 Å². The van der Waals surface area contributed by atoms with Gasteiger partial charge in [-0.3, -0.25) is 4.79 Å². The zero-order chi connectivity index (χ0) is 13.0. The molecule has 0 saturated heterocycles. The van der Waals surface area contributed by atoms with Gasteiger partial charge in [-0.15, -0.1) is 0 Å². The average Bonchev–Trinajstić information content (AvgIpc) is 2.83. The third-order valence-corrected chi connectivity index (χ3v) is 3.08. The number of benzene rings is 1. The zero-order valence-corrected chi connectivity index (χ0v) is 11.0. The Kier molecular flexibility index (Phi) is 4.20. The highest BCUT2D eigenvalue weighted by atomic mass is 16.5. The van der Waals surface area contributed by atoms with Crippen LogP contribution >= 0.6 is 0 Å².